The van der Waals surface area contributed by atoms with Crippen molar-refractivity contribution < 1.29 is 19.4 Å². The Balaban J connectivity index is 2.16. The van der Waals surface area contributed by atoms with E-state index in [0.717, 1.165) is 24.0 Å². The van der Waals surface area contributed by atoms with Crippen LogP contribution in [0.3, 0.4) is 0 Å². The first-order chi connectivity index (χ1) is 13.0. The molecule has 0 amide bonds. The zero-order chi connectivity index (χ0) is 19.6. The maximum atomic E-state index is 11.9. The Kier molecular flexibility index (Phi) is 8.46. The minimum Gasteiger partial charge on any atom is -0.497 e. The highest BCUT2D eigenvalue weighted by Gasteiger charge is 2.22. The van der Waals surface area contributed by atoms with Gasteiger partial charge in [-0.1, -0.05) is 49.9 Å². The van der Waals surface area contributed by atoms with Gasteiger partial charge in [-0.15, -0.1) is 0 Å². The van der Waals surface area contributed by atoms with E-state index in [-0.39, 0.29) is 0 Å². The van der Waals surface area contributed by atoms with Crippen LogP contribution in [0.2, 0.25) is 5.02 Å². The van der Waals surface area contributed by atoms with Crippen LogP contribution in [-0.4, -0.2) is 24.8 Å². The predicted octanol–water partition coefficient (Wildman–Crippen LogP) is 5.72. The lowest BCUT2D eigenvalue weighted by molar-refractivity contribution is -0.138. The topological polar surface area (TPSA) is 55.8 Å². The number of carbonyl (C=O) groups is 1. The van der Waals surface area contributed by atoms with Gasteiger partial charge in [-0.2, -0.15) is 0 Å². The van der Waals surface area contributed by atoms with E-state index in [0.29, 0.717) is 29.5 Å². The average molecular weight is 391 g/mol. The normalized spacial score (nSPS) is 11.8. The molecule has 0 aliphatic carbocycles. The third-order valence-electron chi connectivity index (χ3n) is 4.52. The lowest BCUT2D eigenvalue weighted by Gasteiger charge is -2.17. The summed E-state index contributed by atoms with van der Waals surface area (Å²) in [6, 6.07) is 12.5. The van der Waals surface area contributed by atoms with Gasteiger partial charge in [-0.05, 0) is 54.3 Å². The number of ether oxygens (including phenoxy) is 2. The Morgan fingerprint density at radius 2 is 1.85 bits per heavy atom. The number of aliphatic carboxylic acids is 1. The van der Waals surface area contributed by atoms with Gasteiger partial charge in [0.1, 0.15) is 11.5 Å². The summed E-state index contributed by atoms with van der Waals surface area (Å²) in [5.41, 5.74) is 1.53. The van der Waals surface area contributed by atoms with Crippen LogP contribution < -0.4 is 9.47 Å². The van der Waals surface area contributed by atoms with Crippen LogP contribution in [-0.2, 0) is 11.2 Å². The summed E-state index contributed by atoms with van der Waals surface area (Å²) in [6.45, 7) is 2.79. The summed E-state index contributed by atoms with van der Waals surface area (Å²) in [5.74, 6) is -0.164. The summed E-state index contributed by atoms with van der Waals surface area (Å²) >= 11 is 6.15. The molecule has 2 aromatic rings. The zero-order valence-corrected chi connectivity index (χ0v) is 16.7. The lowest BCUT2D eigenvalue weighted by atomic mass is 9.91. The van der Waals surface area contributed by atoms with E-state index in [4.69, 9.17) is 21.1 Å². The molecule has 0 bridgehead atoms. The van der Waals surface area contributed by atoms with Crippen LogP contribution in [0, 0.1) is 0 Å². The molecule has 1 unspecified atom stereocenters. The van der Waals surface area contributed by atoms with Crippen molar-refractivity contribution in [2.24, 2.45) is 0 Å². The highest BCUT2D eigenvalue weighted by molar-refractivity contribution is 6.30. The quantitative estimate of drug-likeness (QED) is 0.498. The number of hydrogen-bond donors (Lipinski definition) is 1. The van der Waals surface area contributed by atoms with Crippen molar-refractivity contribution in [2.75, 3.05) is 13.7 Å². The van der Waals surface area contributed by atoms with Gasteiger partial charge >= 0.3 is 5.97 Å². The maximum Gasteiger partial charge on any atom is 0.311 e. The summed E-state index contributed by atoms with van der Waals surface area (Å²) < 4.78 is 11.1. The van der Waals surface area contributed by atoms with Gasteiger partial charge in [-0.3, -0.25) is 4.79 Å². The van der Waals surface area contributed by atoms with E-state index >= 15 is 0 Å². The van der Waals surface area contributed by atoms with Crippen LogP contribution in [0.5, 0.6) is 11.5 Å². The van der Waals surface area contributed by atoms with E-state index < -0.39 is 11.9 Å². The number of benzene rings is 2. The molecule has 0 aliphatic heterocycles. The van der Waals surface area contributed by atoms with Crippen LogP contribution in [0.1, 0.15) is 49.7 Å². The van der Waals surface area contributed by atoms with Gasteiger partial charge in [0.05, 0.1) is 19.6 Å². The van der Waals surface area contributed by atoms with Crippen molar-refractivity contribution in [2.45, 2.75) is 44.9 Å². The molecule has 2 rings (SSSR count). The summed E-state index contributed by atoms with van der Waals surface area (Å²) in [5, 5.41) is 10.3. The molecule has 0 aromatic heterocycles. The first-order valence-corrected chi connectivity index (χ1v) is 9.71. The first kappa shape index (κ1) is 21.1. The van der Waals surface area contributed by atoms with E-state index in [1.165, 1.54) is 12.8 Å². The molecule has 0 spiro atoms. The number of methoxy groups -OCH3 is 1. The van der Waals surface area contributed by atoms with Crippen LogP contribution in [0.4, 0.5) is 0 Å². The Morgan fingerprint density at radius 1 is 1.11 bits per heavy atom. The summed E-state index contributed by atoms with van der Waals surface area (Å²) in [7, 11) is 1.58. The number of carboxylic acid groups (broad SMARTS) is 1. The second-order valence-corrected chi connectivity index (χ2v) is 6.97. The number of rotatable bonds is 11. The van der Waals surface area contributed by atoms with Crippen molar-refractivity contribution in [3.05, 3.63) is 58.6 Å². The van der Waals surface area contributed by atoms with Crippen molar-refractivity contribution in [1.29, 1.82) is 0 Å². The molecular weight excluding hydrogens is 364 g/mol. The zero-order valence-electron chi connectivity index (χ0n) is 15.9. The predicted molar refractivity (Wildman–Crippen MR) is 108 cm³/mol. The molecule has 1 atom stereocenters. The fraction of sp³-hybridized carbons (Fsp3) is 0.409. The molecule has 1 N–H and O–H groups in total. The van der Waals surface area contributed by atoms with Crippen molar-refractivity contribution >= 4 is 17.6 Å². The Bertz CT molecular complexity index is 728. The largest absolute Gasteiger partial charge is 0.497 e. The van der Waals surface area contributed by atoms with Crippen molar-refractivity contribution in [3.63, 3.8) is 0 Å². The van der Waals surface area contributed by atoms with E-state index in [2.05, 4.69) is 6.92 Å². The second kappa shape index (κ2) is 10.8. The minimum atomic E-state index is -0.881. The number of unbranched alkanes of at least 4 members (excludes halogenated alkanes) is 3. The maximum absolute atomic E-state index is 11.9. The van der Waals surface area contributed by atoms with Crippen molar-refractivity contribution in [3.8, 4) is 11.5 Å². The Hall–Kier alpha value is -2.20. The molecule has 2 aromatic carbocycles. The molecule has 0 fully saturated rings. The fourth-order valence-electron chi connectivity index (χ4n) is 2.96. The van der Waals surface area contributed by atoms with E-state index in [9.17, 15) is 9.90 Å². The molecule has 146 valence electrons. The summed E-state index contributed by atoms with van der Waals surface area (Å²) in [6.07, 6.45) is 4.79. The van der Waals surface area contributed by atoms with Crippen LogP contribution >= 0.6 is 11.6 Å². The number of halogens is 1. The highest BCUT2D eigenvalue weighted by atomic mass is 35.5. The molecular formula is C22H27ClO4. The van der Waals surface area contributed by atoms with Gasteiger partial charge in [0.2, 0.25) is 0 Å². The van der Waals surface area contributed by atoms with Gasteiger partial charge in [0, 0.05) is 5.02 Å². The third-order valence-corrected chi connectivity index (χ3v) is 4.75. The number of carboxylic acids is 1. The van der Waals surface area contributed by atoms with E-state index in [1.807, 2.05) is 6.07 Å². The molecule has 4 nitrogen and oxygen atoms in total. The standard InChI is InChI=1S/C22H27ClO4/c1-3-4-5-6-13-27-21-12-9-18(23)14-17(21)15-20(22(24)25)16-7-10-19(26-2)11-8-16/h7-12,14,20H,3-6,13,15H2,1-2H3,(H,24,25). The SMILES string of the molecule is CCCCCCOc1ccc(Cl)cc1CC(C(=O)O)c1ccc(OC)cc1. The first-order valence-electron chi connectivity index (χ1n) is 9.33. The van der Waals surface area contributed by atoms with Gasteiger partial charge in [0.15, 0.2) is 0 Å². The minimum absolute atomic E-state index is 0.312. The molecule has 27 heavy (non-hydrogen) atoms. The molecule has 0 aliphatic rings. The molecule has 0 saturated heterocycles. The average Bonchev–Trinajstić information content (AvgIpc) is 2.67. The Labute approximate surface area is 166 Å². The summed E-state index contributed by atoms with van der Waals surface area (Å²) in [4.78, 5) is 11.9. The third kappa shape index (κ3) is 6.47. The van der Waals surface area contributed by atoms with Crippen LogP contribution in [0.25, 0.3) is 0 Å². The van der Waals surface area contributed by atoms with Crippen molar-refractivity contribution in [1.82, 2.24) is 0 Å². The fourth-order valence-corrected chi connectivity index (χ4v) is 3.16. The Morgan fingerprint density at radius 3 is 2.48 bits per heavy atom. The molecule has 0 saturated carbocycles. The van der Waals surface area contributed by atoms with E-state index in [1.54, 1.807) is 43.5 Å². The number of hydrogen-bond acceptors (Lipinski definition) is 3. The second-order valence-electron chi connectivity index (χ2n) is 6.53. The lowest BCUT2D eigenvalue weighted by Crippen LogP contribution is -2.15. The molecule has 5 heteroatoms. The molecule has 0 heterocycles. The smallest absolute Gasteiger partial charge is 0.311 e. The van der Waals surface area contributed by atoms with Crippen LogP contribution in [0.15, 0.2) is 42.5 Å². The van der Waals surface area contributed by atoms with Gasteiger partial charge in [0.25, 0.3) is 0 Å². The van der Waals surface area contributed by atoms with Gasteiger partial charge in [-0.25, -0.2) is 0 Å². The molecule has 0 radical (unpaired) electrons. The monoisotopic (exact) mass is 390 g/mol. The van der Waals surface area contributed by atoms with Gasteiger partial charge < -0.3 is 14.6 Å². The highest BCUT2D eigenvalue weighted by Crippen LogP contribution is 2.30.